The molecule has 1 heterocycles. The van der Waals surface area contributed by atoms with Gasteiger partial charge in [0.05, 0.1) is 18.1 Å². The fraction of sp³-hybridized carbons (Fsp3) is 0.235. The lowest BCUT2D eigenvalue weighted by Crippen LogP contribution is -2.10. The number of benzene rings is 2. The average molecular weight is 329 g/mol. The van der Waals surface area contributed by atoms with Crippen LogP contribution in [-0.4, -0.2) is 36.3 Å². The van der Waals surface area contributed by atoms with Crippen LogP contribution < -0.4 is 9.64 Å². The quantitative estimate of drug-likeness (QED) is 0.700. The predicted molar refractivity (Wildman–Crippen MR) is 94.6 cm³/mol. The fourth-order valence-corrected chi connectivity index (χ4v) is 3.33. The highest BCUT2D eigenvalue weighted by Crippen LogP contribution is 2.32. The molecule has 0 atom stereocenters. The molecule has 0 saturated carbocycles. The number of rotatable bonds is 5. The molecule has 0 amide bonds. The van der Waals surface area contributed by atoms with Crippen molar-refractivity contribution in [2.24, 2.45) is 0 Å². The number of fused-ring (bicyclic) bond motifs is 1. The zero-order valence-corrected chi connectivity index (χ0v) is 14.1. The van der Waals surface area contributed by atoms with E-state index in [1.54, 1.807) is 23.9 Å². The molecular weight excluding hydrogens is 310 g/mol. The summed E-state index contributed by atoms with van der Waals surface area (Å²) in [4.78, 5) is 9.89. The molecule has 5 nitrogen and oxygen atoms in total. The van der Waals surface area contributed by atoms with E-state index in [4.69, 9.17) is 4.74 Å². The molecule has 0 unspecified atom stereocenters. The molecule has 0 bridgehead atoms. The van der Waals surface area contributed by atoms with Crippen LogP contribution >= 0.6 is 11.8 Å². The molecule has 2 N–H and O–H groups in total. The van der Waals surface area contributed by atoms with Crippen LogP contribution in [0.1, 0.15) is 5.56 Å². The molecule has 0 saturated heterocycles. The van der Waals surface area contributed by atoms with Crippen molar-refractivity contribution < 1.29 is 9.84 Å². The number of phenols is 1. The molecule has 3 rings (SSSR count). The van der Waals surface area contributed by atoms with Gasteiger partial charge in [0.1, 0.15) is 0 Å². The zero-order chi connectivity index (χ0) is 16.4. The van der Waals surface area contributed by atoms with E-state index in [1.165, 1.54) is 18.4 Å². The molecule has 0 fully saturated rings. The van der Waals surface area contributed by atoms with Crippen LogP contribution in [0.4, 0.5) is 5.69 Å². The second-order valence-corrected chi connectivity index (χ2v) is 6.36. The van der Waals surface area contributed by atoms with Gasteiger partial charge in [-0.1, -0.05) is 30.0 Å². The molecule has 0 aliphatic carbocycles. The van der Waals surface area contributed by atoms with Crippen LogP contribution in [0.15, 0.2) is 41.6 Å². The number of H-pyrrole nitrogens is 1. The van der Waals surface area contributed by atoms with E-state index in [-0.39, 0.29) is 5.75 Å². The minimum absolute atomic E-state index is 0.0982. The van der Waals surface area contributed by atoms with E-state index in [1.807, 2.05) is 26.2 Å². The standard InChI is InChI=1S/C17H19N3O2S/c1-20(2)14-7-5-4-6-11(14)10-23-17-18-12-8-15(21)16(22-3)9-13(12)19-17/h4-9,21H,10H2,1-3H3,(H,18,19). The van der Waals surface area contributed by atoms with Crippen LogP contribution in [-0.2, 0) is 5.75 Å². The van der Waals surface area contributed by atoms with E-state index in [2.05, 4.69) is 27.0 Å². The molecule has 23 heavy (non-hydrogen) atoms. The maximum atomic E-state index is 9.83. The number of ether oxygens (including phenoxy) is 1. The number of imidazole rings is 1. The molecule has 3 aromatic rings. The number of phenolic OH excluding ortho intramolecular Hbond substituents is 1. The summed E-state index contributed by atoms with van der Waals surface area (Å²) < 4.78 is 5.12. The van der Waals surface area contributed by atoms with Crippen LogP contribution in [0.5, 0.6) is 11.5 Å². The molecule has 0 aliphatic rings. The lowest BCUT2D eigenvalue weighted by Gasteiger charge is -2.16. The molecule has 6 heteroatoms. The van der Waals surface area contributed by atoms with Crippen molar-refractivity contribution in [2.45, 2.75) is 10.9 Å². The Labute approximate surface area is 139 Å². The number of methoxy groups -OCH3 is 1. The second-order valence-electron chi connectivity index (χ2n) is 5.39. The van der Waals surface area contributed by atoms with Crippen LogP contribution in [0, 0.1) is 0 Å². The Morgan fingerprint density at radius 2 is 2.04 bits per heavy atom. The smallest absolute Gasteiger partial charge is 0.166 e. The normalized spacial score (nSPS) is 10.9. The fourth-order valence-electron chi connectivity index (χ4n) is 2.45. The molecule has 1 aromatic heterocycles. The number of nitrogens with one attached hydrogen (secondary N) is 1. The molecule has 0 aliphatic heterocycles. The summed E-state index contributed by atoms with van der Waals surface area (Å²) in [6.07, 6.45) is 0. The third-order valence-corrected chi connectivity index (χ3v) is 4.52. The topological polar surface area (TPSA) is 61.4 Å². The molecule has 2 aromatic carbocycles. The minimum Gasteiger partial charge on any atom is -0.504 e. The predicted octanol–water partition coefficient (Wildman–Crippen LogP) is 3.64. The number of aromatic hydroxyl groups is 1. The van der Waals surface area contributed by atoms with Gasteiger partial charge in [-0.05, 0) is 11.6 Å². The van der Waals surface area contributed by atoms with Gasteiger partial charge in [0.15, 0.2) is 16.7 Å². The highest BCUT2D eigenvalue weighted by atomic mass is 32.2. The lowest BCUT2D eigenvalue weighted by molar-refractivity contribution is 0.374. The first-order valence-electron chi connectivity index (χ1n) is 7.23. The highest BCUT2D eigenvalue weighted by molar-refractivity contribution is 7.98. The minimum atomic E-state index is 0.0982. The Morgan fingerprint density at radius 1 is 1.26 bits per heavy atom. The summed E-state index contributed by atoms with van der Waals surface area (Å²) >= 11 is 1.63. The monoisotopic (exact) mass is 329 g/mol. The third-order valence-electron chi connectivity index (χ3n) is 3.60. The van der Waals surface area contributed by atoms with E-state index in [0.717, 1.165) is 21.9 Å². The van der Waals surface area contributed by atoms with Crippen molar-refractivity contribution >= 4 is 28.5 Å². The summed E-state index contributed by atoms with van der Waals surface area (Å²) in [6.45, 7) is 0. The number of nitrogens with zero attached hydrogens (tertiary/aromatic N) is 2. The van der Waals surface area contributed by atoms with Crippen molar-refractivity contribution in [3.8, 4) is 11.5 Å². The second kappa shape index (κ2) is 6.42. The van der Waals surface area contributed by atoms with E-state index >= 15 is 0 Å². The van der Waals surface area contributed by atoms with E-state index in [0.29, 0.717) is 5.75 Å². The SMILES string of the molecule is COc1cc2[nH]c(SCc3ccccc3N(C)C)nc2cc1O. The molecule has 0 spiro atoms. The molecule has 0 radical (unpaired) electrons. The van der Waals surface area contributed by atoms with Crippen LogP contribution in [0.3, 0.4) is 0 Å². The van der Waals surface area contributed by atoms with Crippen LogP contribution in [0.2, 0.25) is 0 Å². The lowest BCUT2D eigenvalue weighted by atomic mass is 10.2. The number of anilines is 1. The summed E-state index contributed by atoms with van der Waals surface area (Å²) in [6, 6.07) is 11.7. The van der Waals surface area contributed by atoms with Gasteiger partial charge in [-0.15, -0.1) is 0 Å². The summed E-state index contributed by atoms with van der Waals surface area (Å²) in [5.74, 6) is 1.36. The van der Waals surface area contributed by atoms with Crippen molar-refractivity contribution in [3.05, 3.63) is 42.0 Å². The highest BCUT2D eigenvalue weighted by Gasteiger charge is 2.10. The van der Waals surface area contributed by atoms with Gasteiger partial charge in [-0.3, -0.25) is 0 Å². The van der Waals surface area contributed by atoms with Gasteiger partial charge in [0.2, 0.25) is 0 Å². The number of para-hydroxylation sites is 1. The van der Waals surface area contributed by atoms with Gasteiger partial charge in [-0.25, -0.2) is 4.98 Å². The maximum Gasteiger partial charge on any atom is 0.166 e. The maximum absolute atomic E-state index is 9.83. The van der Waals surface area contributed by atoms with Crippen molar-refractivity contribution in [3.63, 3.8) is 0 Å². The summed E-state index contributed by atoms with van der Waals surface area (Å²) in [5.41, 5.74) is 4.04. The Balaban J connectivity index is 1.83. The van der Waals surface area contributed by atoms with Gasteiger partial charge >= 0.3 is 0 Å². The number of aromatic amines is 1. The molecular formula is C17H19N3O2S. The average Bonchev–Trinajstić information content (AvgIpc) is 2.93. The van der Waals surface area contributed by atoms with E-state index in [9.17, 15) is 5.11 Å². The Kier molecular flexibility index (Phi) is 4.34. The van der Waals surface area contributed by atoms with E-state index < -0.39 is 0 Å². The number of aromatic nitrogens is 2. The number of hydrogen-bond acceptors (Lipinski definition) is 5. The van der Waals surface area contributed by atoms with Crippen molar-refractivity contribution in [2.75, 3.05) is 26.1 Å². The van der Waals surface area contributed by atoms with Gasteiger partial charge in [0, 0.05) is 37.7 Å². The summed E-state index contributed by atoms with van der Waals surface area (Å²) in [7, 11) is 5.62. The zero-order valence-electron chi connectivity index (χ0n) is 13.3. The Bertz CT molecular complexity index is 830. The first-order chi connectivity index (χ1) is 11.1. The first kappa shape index (κ1) is 15.6. The Hall–Kier alpha value is -2.34. The van der Waals surface area contributed by atoms with Crippen LogP contribution in [0.25, 0.3) is 11.0 Å². The summed E-state index contributed by atoms with van der Waals surface area (Å²) in [5, 5.41) is 10.7. The number of thioether (sulfide) groups is 1. The number of hydrogen-bond donors (Lipinski definition) is 2. The first-order valence-corrected chi connectivity index (χ1v) is 8.22. The Morgan fingerprint density at radius 3 is 2.78 bits per heavy atom. The third kappa shape index (κ3) is 3.22. The molecule has 120 valence electrons. The van der Waals surface area contributed by atoms with Crippen molar-refractivity contribution in [1.29, 1.82) is 0 Å². The largest absolute Gasteiger partial charge is 0.504 e. The van der Waals surface area contributed by atoms with Gasteiger partial charge in [0.25, 0.3) is 0 Å². The van der Waals surface area contributed by atoms with Gasteiger partial charge < -0.3 is 19.7 Å². The van der Waals surface area contributed by atoms with Gasteiger partial charge in [-0.2, -0.15) is 0 Å². The van der Waals surface area contributed by atoms with Crippen molar-refractivity contribution in [1.82, 2.24) is 9.97 Å².